The molecule has 2 heteroatoms. The minimum atomic E-state index is 0.166. The molecule has 3 rings (SSSR count). The van der Waals surface area contributed by atoms with Gasteiger partial charge in [0.25, 0.3) is 0 Å². The maximum atomic E-state index is 11.1. The maximum absolute atomic E-state index is 11.1. The van der Waals surface area contributed by atoms with E-state index in [-0.39, 0.29) is 5.91 Å². The third kappa shape index (κ3) is 1.27. The highest BCUT2D eigenvalue weighted by atomic mass is 16.1. The fraction of sp³-hybridized carbons (Fsp3) is 0.917. The molecule has 3 fully saturated rings. The monoisotopic (exact) mass is 193 g/mol. The van der Waals surface area contributed by atoms with E-state index in [2.05, 4.69) is 5.32 Å². The van der Waals surface area contributed by atoms with E-state index in [4.69, 9.17) is 0 Å². The van der Waals surface area contributed by atoms with Crippen molar-refractivity contribution >= 4 is 5.91 Å². The molecule has 0 aromatic heterocycles. The summed E-state index contributed by atoms with van der Waals surface area (Å²) in [5.41, 5.74) is 0. The Kier molecular flexibility index (Phi) is 1.86. The molecule has 0 aliphatic heterocycles. The summed E-state index contributed by atoms with van der Waals surface area (Å²) >= 11 is 0. The minimum absolute atomic E-state index is 0.166. The van der Waals surface area contributed by atoms with E-state index in [1.807, 2.05) is 0 Å². The summed E-state index contributed by atoms with van der Waals surface area (Å²) in [4.78, 5) is 11.1. The van der Waals surface area contributed by atoms with Gasteiger partial charge in [-0.1, -0.05) is 0 Å². The Bertz CT molecular complexity index is 261. The summed E-state index contributed by atoms with van der Waals surface area (Å²) in [6.07, 6.45) is 7.01. The summed E-state index contributed by atoms with van der Waals surface area (Å²) < 4.78 is 0. The summed E-state index contributed by atoms with van der Waals surface area (Å²) in [5.74, 6) is 3.86. The molecule has 0 aromatic rings. The molecule has 3 aliphatic carbocycles. The topological polar surface area (TPSA) is 29.1 Å². The van der Waals surface area contributed by atoms with Crippen LogP contribution < -0.4 is 5.32 Å². The van der Waals surface area contributed by atoms with E-state index in [0.29, 0.717) is 6.04 Å². The highest BCUT2D eigenvalue weighted by Gasteiger charge is 2.48. The summed E-state index contributed by atoms with van der Waals surface area (Å²) in [6.45, 7) is 1.66. The Morgan fingerprint density at radius 3 is 2.50 bits per heavy atom. The van der Waals surface area contributed by atoms with Crippen molar-refractivity contribution in [3.63, 3.8) is 0 Å². The fourth-order valence-corrected chi connectivity index (χ4v) is 4.38. The maximum Gasteiger partial charge on any atom is 0.217 e. The van der Waals surface area contributed by atoms with Crippen LogP contribution in [0.25, 0.3) is 0 Å². The third-order valence-electron chi connectivity index (χ3n) is 4.64. The normalized spacial score (nSPS) is 49.4. The summed E-state index contributed by atoms with van der Waals surface area (Å²) in [6, 6.07) is 0.517. The van der Waals surface area contributed by atoms with E-state index in [1.54, 1.807) is 6.92 Å². The predicted octanol–water partition coefficient (Wildman–Crippen LogP) is 1.95. The quantitative estimate of drug-likeness (QED) is 0.677. The lowest BCUT2D eigenvalue weighted by atomic mass is 9.70. The molecule has 1 N–H and O–H groups in total. The van der Waals surface area contributed by atoms with Crippen LogP contribution in [-0.2, 0) is 4.79 Å². The lowest BCUT2D eigenvalue weighted by Gasteiger charge is -2.39. The standard InChI is InChI=1S/C12H19NO/c1-7(14)13-12-6-9-2-8-3-10(4-9)11(12)5-8/h8-12H,2-6H2,1H3,(H,13,14)/t8-,9+,10-,11-,12+/m1/s1. The van der Waals surface area contributed by atoms with Crippen molar-refractivity contribution in [3.05, 3.63) is 0 Å². The zero-order valence-corrected chi connectivity index (χ0v) is 8.83. The van der Waals surface area contributed by atoms with Crippen LogP contribution >= 0.6 is 0 Å². The van der Waals surface area contributed by atoms with Gasteiger partial charge in [-0.25, -0.2) is 0 Å². The SMILES string of the molecule is CC(=O)N[C@H]1C[C@H]2C[C@@H]3C[C@H](C2)[C@H]1C3. The lowest BCUT2D eigenvalue weighted by Crippen LogP contribution is -2.45. The second kappa shape index (κ2) is 2.98. The average Bonchev–Trinajstić information content (AvgIpc) is 2.32. The van der Waals surface area contributed by atoms with E-state index in [9.17, 15) is 4.79 Å². The van der Waals surface area contributed by atoms with Crippen molar-refractivity contribution in [2.45, 2.75) is 45.1 Å². The molecule has 0 aromatic carbocycles. The van der Waals surface area contributed by atoms with E-state index < -0.39 is 0 Å². The molecule has 14 heavy (non-hydrogen) atoms. The number of hydrogen-bond donors (Lipinski definition) is 1. The Hall–Kier alpha value is -0.530. The highest BCUT2D eigenvalue weighted by molar-refractivity contribution is 5.73. The van der Waals surface area contributed by atoms with Gasteiger partial charge in [-0.2, -0.15) is 0 Å². The largest absolute Gasteiger partial charge is 0.353 e. The molecule has 0 unspecified atom stereocenters. The van der Waals surface area contributed by atoms with Crippen LogP contribution in [-0.4, -0.2) is 11.9 Å². The summed E-state index contributed by atoms with van der Waals surface area (Å²) in [7, 11) is 0. The molecule has 0 spiro atoms. The van der Waals surface area contributed by atoms with Crippen LogP contribution in [0.3, 0.4) is 0 Å². The number of carbonyl (C=O) groups is 1. The first-order valence-electron chi connectivity index (χ1n) is 5.99. The highest BCUT2D eigenvalue weighted by Crippen LogP contribution is 2.54. The first-order valence-corrected chi connectivity index (χ1v) is 5.99. The van der Waals surface area contributed by atoms with Gasteiger partial charge in [0, 0.05) is 13.0 Å². The van der Waals surface area contributed by atoms with Gasteiger partial charge in [0.05, 0.1) is 0 Å². The number of hydrogen-bond acceptors (Lipinski definition) is 1. The first-order chi connectivity index (χ1) is 6.72. The molecule has 3 saturated carbocycles. The molecular formula is C12H19NO. The number of fused-ring (bicyclic) bond motifs is 2. The van der Waals surface area contributed by atoms with E-state index >= 15 is 0 Å². The van der Waals surface area contributed by atoms with Crippen molar-refractivity contribution in [1.29, 1.82) is 0 Å². The molecule has 0 saturated heterocycles. The Labute approximate surface area is 85.4 Å². The molecule has 78 valence electrons. The molecule has 3 bridgehead atoms. The Balaban J connectivity index is 1.79. The molecule has 2 nitrogen and oxygen atoms in total. The van der Waals surface area contributed by atoms with Crippen LogP contribution in [0.4, 0.5) is 0 Å². The zero-order valence-electron chi connectivity index (χ0n) is 8.83. The zero-order chi connectivity index (χ0) is 9.71. The molecule has 0 radical (unpaired) electrons. The molecular weight excluding hydrogens is 174 g/mol. The minimum Gasteiger partial charge on any atom is -0.353 e. The molecule has 0 heterocycles. The van der Waals surface area contributed by atoms with E-state index in [1.165, 1.54) is 32.1 Å². The van der Waals surface area contributed by atoms with Crippen LogP contribution in [0.1, 0.15) is 39.0 Å². The van der Waals surface area contributed by atoms with Gasteiger partial charge in [-0.05, 0) is 55.8 Å². The predicted molar refractivity (Wildman–Crippen MR) is 54.6 cm³/mol. The van der Waals surface area contributed by atoms with Gasteiger partial charge in [0.2, 0.25) is 5.91 Å². The third-order valence-corrected chi connectivity index (χ3v) is 4.64. The van der Waals surface area contributed by atoms with Crippen molar-refractivity contribution in [2.75, 3.05) is 0 Å². The van der Waals surface area contributed by atoms with Gasteiger partial charge in [0.1, 0.15) is 0 Å². The summed E-state index contributed by atoms with van der Waals surface area (Å²) in [5, 5.41) is 3.17. The van der Waals surface area contributed by atoms with Crippen LogP contribution in [0.5, 0.6) is 0 Å². The average molecular weight is 193 g/mol. The van der Waals surface area contributed by atoms with E-state index in [0.717, 1.165) is 23.7 Å². The van der Waals surface area contributed by atoms with Crippen molar-refractivity contribution in [2.24, 2.45) is 23.7 Å². The van der Waals surface area contributed by atoms with Crippen LogP contribution in [0.15, 0.2) is 0 Å². The van der Waals surface area contributed by atoms with Crippen molar-refractivity contribution < 1.29 is 4.79 Å². The molecule has 5 atom stereocenters. The lowest BCUT2D eigenvalue weighted by molar-refractivity contribution is -0.120. The van der Waals surface area contributed by atoms with Gasteiger partial charge in [0.15, 0.2) is 0 Å². The fourth-order valence-electron chi connectivity index (χ4n) is 4.38. The van der Waals surface area contributed by atoms with Gasteiger partial charge in [-0.15, -0.1) is 0 Å². The number of carbonyl (C=O) groups excluding carboxylic acids is 1. The number of nitrogens with one attached hydrogen (secondary N) is 1. The van der Waals surface area contributed by atoms with Crippen LogP contribution in [0.2, 0.25) is 0 Å². The van der Waals surface area contributed by atoms with Crippen molar-refractivity contribution in [1.82, 2.24) is 5.32 Å². The second-order valence-corrected chi connectivity index (χ2v) is 5.64. The van der Waals surface area contributed by atoms with Gasteiger partial charge in [-0.3, -0.25) is 4.79 Å². The van der Waals surface area contributed by atoms with Crippen molar-refractivity contribution in [3.8, 4) is 0 Å². The molecule has 3 aliphatic rings. The van der Waals surface area contributed by atoms with Gasteiger partial charge >= 0.3 is 0 Å². The smallest absolute Gasteiger partial charge is 0.217 e. The first kappa shape index (κ1) is 8.75. The number of amides is 1. The second-order valence-electron chi connectivity index (χ2n) is 5.64. The molecule has 1 amide bonds. The Morgan fingerprint density at radius 1 is 1.07 bits per heavy atom. The van der Waals surface area contributed by atoms with Crippen LogP contribution in [0, 0.1) is 23.7 Å². The number of rotatable bonds is 1. The Morgan fingerprint density at radius 2 is 1.79 bits per heavy atom. The van der Waals surface area contributed by atoms with Gasteiger partial charge < -0.3 is 5.32 Å².